The normalized spacial score (nSPS) is 19.6. The first kappa shape index (κ1) is 24.7. The fraction of sp³-hybridized carbons (Fsp3) is 0.238. The van der Waals surface area contributed by atoms with Crippen molar-refractivity contribution in [1.82, 2.24) is 9.88 Å². The molecule has 1 fully saturated rings. The number of benzene rings is 1. The average molecular weight is 588 g/mol. The number of carbonyl (C=O) groups is 1. The molecule has 13 heteroatoms. The molecule has 1 aromatic heterocycles. The summed E-state index contributed by atoms with van der Waals surface area (Å²) in [5.74, 6) is -1.68. The van der Waals surface area contributed by atoms with E-state index in [1.807, 2.05) is 4.90 Å². The maximum absolute atomic E-state index is 13.7. The van der Waals surface area contributed by atoms with Gasteiger partial charge in [-0.2, -0.15) is 4.40 Å². The molecule has 0 unspecified atom stereocenters. The van der Waals surface area contributed by atoms with Crippen LogP contribution in [-0.2, 0) is 19.6 Å². The van der Waals surface area contributed by atoms with Crippen LogP contribution in [0.15, 0.2) is 61.5 Å². The van der Waals surface area contributed by atoms with E-state index in [-0.39, 0.29) is 18.0 Å². The van der Waals surface area contributed by atoms with E-state index in [1.165, 1.54) is 23.5 Å². The lowest BCUT2D eigenvalue weighted by Crippen LogP contribution is -2.33. The number of rotatable bonds is 6. The van der Waals surface area contributed by atoms with Gasteiger partial charge in [-0.3, -0.25) is 9.79 Å². The van der Waals surface area contributed by atoms with E-state index in [0.29, 0.717) is 22.1 Å². The summed E-state index contributed by atoms with van der Waals surface area (Å²) in [5.41, 5.74) is 2.43. The molecule has 0 spiro atoms. The number of carbonyl (C=O) groups excluding carboxylic acids is 1. The van der Waals surface area contributed by atoms with Gasteiger partial charge in [-0.15, -0.1) is 11.3 Å². The van der Waals surface area contributed by atoms with Crippen LogP contribution in [0.2, 0.25) is 5.02 Å². The van der Waals surface area contributed by atoms with Crippen LogP contribution in [0, 0.1) is 5.82 Å². The number of aromatic nitrogens is 1. The lowest BCUT2D eigenvalue weighted by Gasteiger charge is -2.31. The Bertz CT molecular complexity index is 1360. The van der Waals surface area contributed by atoms with E-state index in [0.717, 1.165) is 18.4 Å². The van der Waals surface area contributed by atoms with Gasteiger partial charge in [-0.05, 0) is 28.8 Å². The van der Waals surface area contributed by atoms with E-state index in [4.69, 9.17) is 16.6 Å². The summed E-state index contributed by atoms with van der Waals surface area (Å²) in [6.45, 7) is 0.150. The summed E-state index contributed by atoms with van der Waals surface area (Å²) in [6, 6.07) is 3.53. The Morgan fingerprint density at radius 3 is 2.91 bits per heavy atom. The second kappa shape index (κ2) is 10.1. The summed E-state index contributed by atoms with van der Waals surface area (Å²) in [4.78, 5) is 24.3. The minimum atomic E-state index is -4.08. The van der Waals surface area contributed by atoms with Crippen LogP contribution in [-0.4, -0.2) is 55.2 Å². The Labute approximate surface area is 212 Å². The minimum Gasteiger partial charge on any atom is -0.468 e. The van der Waals surface area contributed by atoms with Gasteiger partial charge in [-0.1, -0.05) is 33.6 Å². The van der Waals surface area contributed by atoms with Gasteiger partial charge >= 0.3 is 5.97 Å². The molecule has 0 aliphatic carbocycles. The van der Waals surface area contributed by atoms with Crippen LogP contribution < -0.4 is 0 Å². The number of ether oxygens (including phenoxy) is 1. The highest BCUT2D eigenvalue weighted by Crippen LogP contribution is 2.42. The second-order valence-corrected chi connectivity index (χ2v) is 10.7. The number of halogens is 3. The van der Waals surface area contributed by atoms with Crippen molar-refractivity contribution in [3.8, 4) is 0 Å². The van der Waals surface area contributed by atoms with Crippen molar-refractivity contribution in [2.24, 2.45) is 9.39 Å². The van der Waals surface area contributed by atoms with Crippen molar-refractivity contribution in [3.63, 3.8) is 0 Å². The highest BCUT2D eigenvalue weighted by Gasteiger charge is 2.38. The number of fused-ring (bicyclic) bond motifs is 1. The molecule has 3 heterocycles. The van der Waals surface area contributed by atoms with Crippen LogP contribution in [0.3, 0.4) is 0 Å². The van der Waals surface area contributed by atoms with Crippen molar-refractivity contribution in [2.75, 3.05) is 19.4 Å². The van der Waals surface area contributed by atoms with Crippen molar-refractivity contribution in [1.29, 1.82) is 0 Å². The fourth-order valence-electron chi connectivity index (χ4n) is 3.72. The molecule has 178 valence electrons. The predicted molar refractivity (Wildman–Crippen MR) is 132 cm³/mol. The van der Waals surface area contributed by atoms with Gasteiger partial charge in [0.1, 0.15) is 11.9 Å². The molecule has 4 rings (SSSR count). The first-order valence-corrected chi connectivity index (χ1v) is 13.6. The highest BCUT2D eigenvalue weighted by molar-refractivity contribution is 9.11. The van der Waals surface area contributed by atoms with Gasteiger partial charge in [0.2, 0.25) is 0 Å². The molecule has 1 saturated heterocycles. The molecule has 2 aromatic rings. The third kappa shape index (κ3) is 5.14. The lowest BCUT2D eigenvalue weighted by atomic mass is 9.94. The molecule has 0 amide bonds. The molecule has 8 nitrogen and oxygen atoms in total. The molecule has 2 aliphatic heterocycles. The topological polar surface area (TPSA) is 101 Å². The largest absolute Gasteiger partial charge is 0.468 e. The third-order valence-corrected chi connectivity index (χ3v) is 7.59. The highest BCUT2D eigenvalue weighted by atomic mass is 79.9. The van der Waals surface area contributed by atoms with E-state index >= 15 is 0 Å². The van der Waals surface area contributed by atoms with Gasteiger partial charge in [0.05, 0.1) is 19.4 Å². The van der Waals surface area contributed by atoms with Gasteiger partial charge < -0.3 is 9.64 Å². The molecular formula is C21H17BrClFN4O4S2. The van der Waals surface area contributed by atoms with Gasteiger partial charge in [0.15, 0.2) is 16.6 Å². The smallest absolute Gasteiger partial charge is 0.322 e. The number of amidine groups is 1. The number of aliphatic imine (C=N–C) groups is 1. The first-order chi connectivity index (χ1) is 16.2. The zero-order valence-corrected chi connectivity index (χ0v) is 21.6. The van der Waals surface area contributed by atoms with Crippen molar-refractivity contribution in [2.45, 2.75) is 12.5 Å². The van der Waals surface area contributed by atoms with Crippen molar-refractivity contribution >= 4 is 66.4 Å². The maximum Gasteiger partial charge on any atom is 0.322 e. The average Bonchev–Trinajstić information content (AvgIpc) is 3.44. The first-order valence-electron chi connectivity index (χ1n) is 9.79. The molecule has 34 heavy (non-hydrogen) atoms. The van der Waals surface area contributed by atoms with Crippen molar-refractivity contribution in [3.05, 3.63) is 73.5 Å². The molecule has 2 aliphatic rings. The summed E-state index contributed by atoms with van der Waals surface area (Å²) in [5, 5.41) is 2.65. The second-order valence-electron chi connectivity index (χ2n) is 7.28. The number of sulfonamides is 1. The Morgan fingerprint density at radius 1 is 1.47 bits per heavy atom. The number of hydrogen-bond acceptors (Lipinski definition) is 8. The van der Waals surface area contributed by atoms with Crippen LogP contribution in [0.1, 0.15) is 23.0 Å². The van der Waals surface area contributed by atoms with Crippen LogP contribution >= 0.6 is 38.9 Å². The maximum atomic E-state index is 13.7. The van der Waals surface area contributed by atoms with E-state index in [1.54, 1.807) is 28.7 Å². The van der Waals surface area contributed by atoms with E-state index in [2.05, 4.69) is 30.0 Å². The number of nitrogens with zero attached hydrogens (tertiary/aromatic N) is 4. The van der Waals surface area contributed by atoms with Gasteiger partial charge in [0, 0.05) is 34.3 Å². The Morgan fingerprint density at radius 2 is 2.26 bits per heavy atom. The third-order valence-electron chi connectivity index (χ3n) is 5.09. The SMILES string of the molecule is COC(=O)CS(=O)(=O)N=C1CC2=C(/C=C/Br)[C@H](c3ccc(F)cc3Cl)N=C(c3nccs3)N2C1. The summed E-state index contributed by atoms with van der Waals surface area (Å²) < 4.78 is 46.9. The van der Waals surface area contributed by atoms with Crippen LogP contribution in [0.5, 0.6) is 0 Å². The molecule has 0 saturated carbocycles. The van der Waals surface area contributed by atoms with Crippen LogP contribution in [0.25, 0.3) is 0 Å². The minimum absolute atomic E-state index is 0.150. The molecule has 0 N–H and O–H groups in total. The molecular weight excluding hydrogens is 571 g/mol. The molecule has 0 radical (unpaired) electrons. The Kier molecular flexibility index (Phi) is 7.31. The summed E-state index contributed by atoms with van der Waals surface area (Å²) >= 11 is 11.1. The number of thiazole rings is 1. The monoisotopic (exact) mass is 586 g/mol. The summed E-state index contributed by atoms with van der Waals surface area (Å²) in [7, 11) is -2.96. The number of allylic oxidation sites excluding steroid dienone is 1. The Balaban J connectivity index is 1.84. The molecule has 1 atom stereocenters. The fourth-order valence-corrected chi connectivity index (χ4v) is 5.91. The van der Waals surface area contributed by atoms with Gasteiger partial charge in [0.25, 0.3) is 10.0 Å². The number of hydrogen-bond donors (Lipinski definition) is 0. The zero-order chi connectivity index (χ0) is 24.5. The number of methoxy groups -OCH3 is 1. The van der Waals surface area contributed by atoms with E-state index < -0.39 is 33.6 Å². The molecule has 0 bridgehead atoms. The predicted octanol–water partition coefficient (Wildman–Crippen LogP) is 4.25. The van der Waals surface area contributed by atoms with Crippen molar-refractivity contribution < 1.29 is 22.3 Å². The number of esters is 1. The lowest BCUT2D eigenvalue weighted by molar-refractivity contribution is -0.137. The quantitative estimate of drug-likeness (QED) is 0.469. The molecule has 1 aromatic carbocycles. The Hall–Kier alpha value is -2.41. The van der Waals surface area contributed by atoms with Gasteiger partial charge in [-0.25, -0.2) is 17.8 Å². The summed E-state index contributed by atoms with van der Waals surface area (Å²) in [6.07, 6.45) is 3.64. The standard InChI is InChI=1S/C21H17BrClFN4O4S2/c1-32-18(29)11-34(30,31)27-13-9-17-15(4-5-22)19(14-3-2-12(24)8-16(14)23)26-20(28(17)10-13)21-25-6-7-33-21/h2-8,19H,9-11H2,1H3/b5-4+,27-13?/t19-/m0/s1. The zero-order valence-electron chi connectivity index (χ0n) is 17.6. The van der Waals surface area contributed by atoms with Crippen LogP contribution in [0.4, 0.5) is 4.39 Å². The van der Waals surface area contributed by atoms with E-state index in [9.17, 15) is 17.6 Å².